The number of nitrogens with one attached hydrogen (secondary N) is 1. The van der Waals surface area contributed by atoms with Gasteiger partial charge in [0.25, 0.3) is 0 Å². The molecule has 4 nitrogen and oxygen atoms in total. The van der Waals surface area contributed by atoms with Crippen molar-refractivity contribution in [2.24, 2.45) is 0 Å². The van der Waals surface area contributed by atoms with E-state index in [1.165, 1.54) is 32.4 Å². The predicted molar refractivity (Wildman–Crippen MR) is 68.5 cm³/mol. The fraction of sp³-hybridized carbons (Fsp3) is 0.615. The summed E-state index contributed by atoms with van der Waals surface area (Å²) in [5.41, 5.74) is 7.64. The molecule has 0 aromatic carbocycles. The van der Waals surface area contributed by atoms with Crippen LogP contribution in [0.15, 0.2) is 18.3 Å². The molecule has 2 aliphatic rings. The highest BCUT2D eigenvalue weighted by Crippen LogP contribution is 2.29. The molecule has 0 bridgehead atoms. The highest BCUT2D eigenvalue weighted by atomic mass is 15.2. The molecule has 1 aromatic heterocycles. The number of nitrogens with zero attached hydrogens (tertiary/aromatic N) is 2. The van der Waals surface area contributed by atoms with Crippen LogP contribution >= 0.6 is 0 Å². The Balaban J connectivity index is 1.50. The van der Waals surface area contributed by atoms with Crippen LogP contribution in [0.1, 0.15) is 25.0 Å². The zero-order chi connectivity index (χ0) is 11.7. The van der Waals surface area contributed by atoms with Gasteiger partial charge in [0, 0.05) is 37.9 Å². The molecule has 1 saturated carbocycles. The maximum absolute atomic E-state index is 5.88. The topological polar surface area (TPSA) is 54.2 Å². The van der Waals surface area contributed by atoms with Gasteiger partial charge in [0.2, 0.25) is 0 Å². The molecule has 17 heavy (non-hydrogen) atoms. The van der Waals surface area contributed by atoms with E-state index in [1.54, 1.807) is 6.20 Å². The molecular weight excluding hydrogens is 212 g/mol. The molecule has 2 heterocycles. The fourth-order valence-corrected chi connectivity index (χ4v) is 2.56. The van der Waals surface area contributed by atoms with Crippen molar-refractivity contribution < 1.29 is 0 Å². The Morgan fingerprint density at radius 1 is 1.41 bits per heavy atom. The lowest BCUT2D eigenvalue weighted by Crippen LogP contribution is -2.33. The molecule has 4 heteroatoms. The Labute approximate surface area is 102 Å². The summed E-state index contributed by atoms with van der Waals surface area (Å²) in [6.45, 7) is 3.23. The summed E-state index contributed by atoms with van der Waals surface area (Å²) in [7, 11) is 0. The summed E-state index contributed by atoms with van der Waals surface area (Å²) in [6, 6.07) is 5.29. The normalized spacial score (nSPS) is 25.3. The second-order valence-corrected chi connectivity index (χ2v) is 5.13. The van der Waals surface area contributed by atoms with Gasteiger partial charge in [0.05, 0.1) is 11.4 Å². The second-order valence-electron chi connectivity index (χ2n) is 5.13. The van der Waals surface area contributed by atoms with E-state index in [1.807, 2.05) is 12.1 Å². The van der Waals surface area contributed by atoms with Crippen molar-refractivity contribution in [1.82, 2.24) is 15.2 Å². The van der Waals surface area contributed by atoms with Gasteiger partial charge in [0.1, 0.15) is 0 Å². The van der Waals surface area contributed by atoms with E-state index < -0.39 is 0 Å². The van der Waals surface area contributed by atoms with Crippen LogP contribution in [-0.4, -0.2) is 35.1 Å². The van der Waals surface area contributed by atoms with Crippen LogP contribution in [0.3, 0.4) is 0 Å². The lowest BCUT2D eigenvalue weighted by Gasteiger charge is -2.15. The molecule has 1 atom stereocenters. The van der Waals surface area contributed by atoms with Crippen molar-refractivity contribution >= 4 is 5.69 Å². The van der Waals surface area contributed by atoms with Gasteiger partial charge < -0.3 is 11.1 Å². The highest BCUT2D eigenvalue weighted by molar-refractivity contribution is 5.41. The Kier molecular flexibility index (Phi) is 2.99. The smallest absolute Gasteiger partial charge is 0.0770 e. The number of likely N-dealkylation sites (tertiary alicyclic amines) is 1. The SMILES string of the molecule is Nc1cccnc1CNC1CCN(C2CC2)C1. The van der Waals surface area contributed by atoms with Gasteiger partial charge in [-0.2, -0.15) is 0 Å². The molecular formula is C13H20N4. The molecule has 1 aliphatic carbocycles. The Hall–Kier alpha value is -1.13. The summed E-state index contributed by atoms with van der Waals surface area (Å²) in [5.74, 6) is 0. The Morgan fingerprint density at radius 2 is 2.29 bits per heavy atom. The first kappa shape index (κ1) is 11.0. The van der Waals surface area contributed by atoms with E-state index in [9.17, 15) is 0 Å². The van der Waals surface area contributed by atoms with Crippen LogP contribution in [0.4, 0.5) is 5.69 Å². The van der Waals surface area contributed by atoms with Crippen LogP contribution in [0, 0.1) is 0 Å². The van der Waals surface area contributed by atoms with Crippen LogP contribution in [0.2, 0.25) is 0 Å². The minimum absolute atomic E-state index is 0.608. The Morgan fingerprint density at radius 3 is 3.06 bits per heavy atom. The number of hydrogen-bond acceptors (Lipinski definition) is 4. The largest absolute Gasteiger partial charge is 0.397 e. The average Bonchev–Trinajstić information content (AvgIpc) is 3.08. The van der Waals surface area contributed by atoms with Crippen LogP contribution in [0.5, 0.6) is 0 Å². The van der Waals surface area contributed by atoms with Crippen molar-refractivity contribution in [3.63, 3.8) is 0 Å². The highest BCUT2D eigenvalue weighted by Gasteiger charge is 2.34. The lowest BCUT2D eigenvalue weighted by molar-refractivity contribution is 0.317. The number of nitrogens with two attached hydrogens (primary N) is 1. The number of rotatable bonds is 4. The fourth-order valence-electron chi connectivity index (χ4n) is 2.56. The molecule has 1 aliphatic heterocycles. The maximum Gasteiger partial charge on any atom is 0.0770 e. The molecule has 1 saturated heterocycles. The standard InChI is InChI=1S/C13H20N4/c14-12-2-1-6-15-13(12)8-16-10-5-7-17(9-10)11-3-4-11/h1-2,6,10-11,16H,3-5,7-9,14H2. The van der Waals surface area contributed by atoms with E-state index in [4.69, 9.17) is 5.73 Å². The van der Waals surface area contributed by atoms with Crippen molar-refractivity contribution in [3.8, 4) is 0 Å². The molecule has 0 radical (unpaired) electrons. The van der Waals surface area contributed by atoms with Gasteiger partial charge in [-0.3, -0.25) is 9.88 Å². The van der Waals surface area contributed by atoms with Crippen molar-refractivity contribution in [2.75, 3.05) is 18.8 Å². The van der Waals surface area contributed by atoms with Crippen LogP contribution < -0.4 is 11.1 Å². The van der Waals surface area contributed by atoms with E-state index in [2.05, 4.69) is 15.2 Å². The minimum Gasteiger partial charge on any atom is -0.397 e. The van der Waals surface area contributed by atoms with Crippen molar-refractivity contribution in [1.29, 1.82) is 0 Å². The lowest BCUT2D eigenvalue weighted by atomic mass is 10.2. The van der Waals surface area contributed by atoms with Crippen LogP contribution in [0.25, 0.3) is 0 Å². The summed E-state index contributed by atoms with van der Waals surface area (Å²) in [5, 5.41) is 3.57. The third kappa shape index (κ3) is 2.58. The third-order valence-corrected chi connectivity index (χ3v) is 3.77. The Bertz CT molecular complexity index is 389. The zero-order valence-corrected chi connectivity index (χ0v) is 10.1. The van der Waals surface area contributed by atoms with Crippen molar-refractivity contribution in [3.05, 3.63) is 24.0 Å². The van der Waals surface area contributed by atoms with Crippen molar-refractivity contribution in [2.45, 2.75) is 37.9 Å². The van der Waals surface area contributed by atoms with Gasteiger partial charge >= 0.3 is 0 Å². The average molecular weight is 232 g/mol. The first-order valence-corrected chi connectivity index (χ1v) is 6.50. The van der Waals surface area contributed by atoms with Gasteiger partial charge in [0.15, 0.2) is 0 Å². The quantitative estimate of drug-likeness (QED) is 0.813. The van der Waals surface area contributed by atoms with Gasteiger partial charge in [-0.15, -0.1) is 0 Å². The summed E-state index contributed by atoms with van der Waals surface area (Å²) < 4.78 is 0. The van der Waals surface area contributed by atoms with E-state index in [-0.39, 0.29) is 0 Å². The number of aromatic nitrogens is 1. The summed E-state index contributed by atoms with van der Waals surface area (Å²) in [4.78, 5) is 6.92. The molecule has 1 aromatic rings. The molecule has 3 rings (SSSR count). The number of pyridine rings is 1. The molecule has 0 spiro atoms. The molecule has 92 valence electrons. The van der Waals surface area contributed by atoms with Crippen LogP contribution in [-0.2, 0) is 6.54 Å². The summed E-state index contributed by atoms with van der Waals surface area (Å²) in [6.07, 6.45) is 5.86. The predicted octanol–water partition coefficient (Wildman–Crippen LogP) is 0.990. The van der Waals surface area contributed by atoms with Gasteiger partial charge in [-0.1, -0.05) is 0 Å². The van der Waals surface area contributed by atoms with Gasteiger partial charge in [-0.05, 0) is 31.4 Å². The molecule has 3 N–H and O–H groups in total. The summed E-state index contributed by atoms with van der Waals surface area (Å²) >= 11 is 0. The molecule has 1 unspecified atom stereocenters. The van der Waals surface area contributed by atoms with E-state index in [0.717, 1.165) is 24.0 Å². The monoisotopic (exact) mass is 232 g/mol. The van der Waals surface area contributed by atoms with E-state index in [0.29, 0.717) is 6.04 Å². The first-order chi connectivity index (χ1) is 8.33. The van der Waals surface area contributed by atoms with Gasteiger partial charge in [-0.25, -0.2) is 0 Å². The number of hydrogen-bond donors (Lipinski definition) is 2. The second kappa shape index (κ2) is 4.63. The molecule has 2 fully saturated rings. The third-order valence-electron chi connectivity index (χ3n) is 3.77. The number of anilines is 1. The molecule has 0 amide bonds. The zero-order valence-electron chi connectivity index (χ0n) is 10.1. The maximum atomic E-state index is 5.88. The first-order valence-electron chi connectivity index (χ1n) is 6.50. The van der Waals surface area contributed by atoms with E-state index >= 15 is 0 Å². The number of nitrogen functional groups attached to an aromatic ring is 1. The minimum atomic E-state index is 0.608.